The molecule has 2 rings (SSSR count). The number of hydrogen-bond acceptors (Lipinski definition) is 3. The molecule has 2 atom stereocenters. The lowest BCUT2D eigenvalue weighted by Crippen LogP contribution is -2.43. The molecule has 2 unspecified atom stereocenters. The number of aromatic nitrogens is 2. The van der Waals surface area contributed by atoms with E-state index >= 15 is 0 Å². The highest BCUT2D eigenvalue weighted by molar-refractivity contribution is 5.95. The molecule has 1 aliphatic rings. The number of aliphatic hydroxyl groups is 1. The Morgan fingerprint density at radius 1 is 1.42 bits per heavy atom. The third-order valence-corrected chi connectivity index (χ3v) is 5.19. The van der Waals surface area contributed by atoms with Crippen molar-refractivity contribution in [2.75, 3.05) is 6.54 Å². The smallest absolute Gasteiger partial charge is 0.254 e. The quantitative estimate of drug-likeness (QED) is 0.764. The molecule has 5 heteroatoms. The van der Waals surface area contributed by atoms with E-state index in [0.717, 1.165) is 25.0 Å². The van der Waals surface area contributed by atoms with Gasteiger partial charge in [0.2, 0.25) is 0 Å². The van der Waals surface area contributed by atoms with Gasteiger partial charge in [-0.25, -0.2) is 0 Å². The minimum Gasteiger partial charge on any atom is -0.392 e. The number of nitrogens with zero attached hydrogens (tertiary/aromatic N) is 2. The first-order valence-corrected chi connectivity index (χ1v) is 9.22. The molecule has 1 heterocycles. The summed E-state index contributed by atoms with van der Waals surface area (Å²) in [6.45, 7) is 12.7. The fourth-order valence-corrected chi connectivity index (χ4v) is 3.24. The number of aliphatic hydroxyl groups excluding tert-OH is 1. The molecule has 1 aromatic rings. The first kappa shape index (κ1) is 19.0. The molecule has 0 aromatic carbocycles. The van der Waals surface area contributed by atoms with Crippen LogP contribution in [0.2, 0.25) is 0 Å². The Morgan fingerprint density at radius 3 is 2.54 bits per heavy atom. The van der Waals surface area contributed by atoms with Crippen LogP contribution in [0.15, 0.2) is 6.20 Å². The van der Waals surface area contributed by atoms with E-state index in [2.05, 4.69) is 24.3 Å². The molecule has 2 N–H and O–H groups in total. The van der Waals surface area contributed by atoms with E-state index in [9.17, 15) is 9.90 Å². The lowest BCUT2D eigenvalue weighted by molar-refractivity contribution is 0.0138. The minimum absolute atomic E-state index is 0.0736. The third-order valence-electron chi connectivity index (χ3n) is 5.19. The molecule has 1 saturated carbocycles. The summed E-state index contributed by atoms with van der Waals surface area (Å²) >= 11 is 0. The number of carbonyl (C=O) groups excluding carboxylic acids is 1. The van der Waals surface area contributed by atoms with Gasteiger partial charge >= 0.3 is 0 Å². The van der Waals surface area contributed by atoms with Crippen molar-refractivity contribution in [1.82, 2.24) is 15.1 Å². The number of nitrogens with one attached hydrogen (secondary N) is 1. The molecule has 0 aliphatic heterocycles. The summed E-state index contributed by atoms with van der Waals surface area (Å²) < 4.78 is 2.03. The summed E-state index contributed by atoms with van der Waals surface area (Å²) in [5.41, 5.74) is 1.42. The van der Waals surface area contributed by atoms with E-state index in [0.29, 0.717) is 24.1 Å². The predicted molar refractivity (Wildman–Crippen MR) is 96.2 cm³/mol. The van der Waals surface area contributed by atoms with Crippen molar-refractivity contribution in [3.05, 3.63) is 17.5 Å². The highest BCUT2D eigenvalue weighted by atomic mass is 16.3. The molecule has 5 nitrogen and oxygen atoms in total. The van der Waals surface area contributed by atoms with Gasteiger partial charge in [-0.05, 0) is 32.1 Å². The molecule has 136 valence electrons. The van der Waals surface area contributed by atoms with Crippen LogP contribution in [0.5, 0.6) is 0 Å². The molecule has 1 fully saturated rings. The van der Waals surface area contributed by atoms with Gasteiger partial charge in [0, 0.05) is 23.9 Å². The van der Waals surface area contributed by atoms with Gasteiger partial charge in [-0.2, -0.15) is 5.10 Å². The van der Waals surface area contributed by atoms with Crippen LogP contribution in [-0.2, 0) is 0 Å². The Bertz CT molecular complexity index is 573. The lowest BCUT2D eigenvalue weighted by Gasteiger charge is -2.33. The van der Waals surface area contributed by atoms with Gasteiger partial charge in [0.1, 0.15) is 0 Å². The van der Waals surface area contributed by atoms with Gasteiger partial charge < -0.3 is 10.4 Å². The predicted octanol–water partition coefficient (Wildman–Crippen LogP) is 3.50. The monoisotopic (exact) mass is 335 g/mol. The Hall–Kier alpha value is -1.36. The van der Waals surface area contributed by atoms with Crippen LogP contribution in [0, 0.1) is 11.3 Å². The average molecular weight is 335 g/mol. The van der Waals surface area contributed by atoms with E-state index in [1.54, 1.807) is 6.20 Å². The SMILES string of the molecule is CCC(C)n1ncc(C(=O)NCC(C)(C)C(O)C(C)C)c1C1CC1. The van der Waals surface area contributed by atoms with Gasteiger partial charge in [0.25, 0.3) is 5.91 Å². The van der Waals surface area contributed by atoms with Crippen LogP contribution in [0.25, 0.3) is 0 Å². The molecule has 1 amide bonds. The second-order valence-electron chi connectivity index (χ2n) is 8.28. The van der Waals surface area contributed by atoms with Gasteiger partial charge in [0.05, 0.1) is 23.6 Å². The Morgan fingerprint density at radius 2 is 2.04 bits per heavy atom. The summed E-state index contributed by atoms with van der Waals surface area (Å²) in [6, 6.07) is 0.307. The van der Waals surface area contributed by atoms with Gasteiger partial charge in [0.15, 0.2) is 0 Å². The standard InChI is InChI=1S/C19H33N3O2/c1-7-13(4)22-16(14-8-9-14)15(10-21-22)18(24)20-11-19(5,6)17(23)12(2)3/h10,12-14,17,23H,7-9,11H2,1-6H3,(H,20,24). The summed E-state index contributed by atoms with van der Waals surface area (Å²) in [6.07, 6.45) is 4.53. The molecule has 1 aliphatic carbocycles. The van der Waals surface area contributed by atoms with Crippen LogP contribution >= 0.6 is 0 Å². The fraction of sp³-hybridized carbons (Fsp3) is 0.789. The maximum absolute atomic E-state index is 12.7. The number of rotatable bonds is 8. The topological polar surface area (TPSA) is 67.2 Å². The van der Waals surface area contributed by atoms with Crippen molar-refractivity contribution in [3.8, 4) is 0 Å². The number of carbonyl (C=O) groups is 1. The lowest BCUT2D eigenvalue weighted by atomic mass is 9.80. The molecule has 24 heavy (non-hydrogen) atoms. The van der Waals surface area contributed by atoms with Crippen molar-refractivity contribution in [3.63, 3.8) is 0 Å². The van der Waals surface area contributed by atoms with Crippen LogP contribution < -0.4 is 5.32 Å². The highest BCUT2D eigenvalue weighted by Gasteiger charge is 2.35. The first-order chi connectivity index (χ1) is 11.2. The van der Waals surface area contributed by atoms with Gasteiger partial charge in [-0.15, -0.1) is 0 Å². The van der Waals surface area contributed by atoms with Crippen molar-refractivity contribution >= 4 is 5.91 Å². The summed E-state index contributed by atoms with van der Waals surface area (Å²) in [4.78, 5) is 12.7. The second kappa shape index (κ2) is 7.26. The molecular weight excluding hydrogens is 302 g/mol. The van der Waals surface area contributed by atoms with Gasteiger partial charge in [-0.1, -0.05) is 34.6 Å². The normalized spacial score (nSPS) is 17.8. The van der Waals surface area contributed by atoms with Crippen molar-refractivity contribution in [1.29, 1.82) is 0 Å². The molecular formula is C19H33N3O2. The second-order valence-corrected chi connectivity index (χ2v) is 8.28. The maximum Gasteiger partial charge on any atom is 0.254 e. The van der Waals surface area contributed by atoms with Crippen LogP contribution in [-0.4, -0.2) is 33.4 Å². The molecule has 0 spiro atoms. The van der Waals surface area contributed by atoms with E-state index in [1.165, 1.54) is 0 Å². The van der Waals surface area contributed by atoms with E-state index in [-0.39, 0.29) is 17.2 Å². The van der Waals surface area contributed by atoms with Crippen molar-refractivity contribution < 1.29 is 9.90 Å². The minimum atomic E-state index is -0.455. The zero-order valence-electron chi connectivity index (χ0n) is 16.0. The zero-order valence-corrected chi connectivity index (χ0v) is 16.0. The summed E-state index contributed by atoms with van der Waals surface area (Å²) in [5, 5.41) is 17.8. The number of hydrogen-bond donors (Lipinski definition) is 2. The van der Waals surface area contributed by atoms with Crippen LogP contribution in [0.1, 0.15) is 88.8 Å². The first-order valence-electron chi connectivity index (χ1n) is 9.22. The Labute approximate surface area is 145 Å². The van der Waals surface area contributed by atoms with Crippen LogP contribution in [0.3, 0.4) is 0 Å². The van der Waals surface area contributed by atoms with E-state index in [4.69, 9.17) is 0 Å². The van der Waals surface area contributed by atoms with E-state index < -0.39 is 6.10 Å². The zero-order chi connectivity index (χ0) is 18.1. The van der Waals surface area contributed by atoms with E-state index in [1.807, 2.05) is 32.4 Å². The largest absolute Gasteiger partial charge is 0.392 e. The summed E-state index contributed by atoms with van der Waals surface area (Å²) in [5.74, 6) is 0.555. The van der Waals surface area contributed by atoms with Crippen molar-refractivity contribution in [2.24, 2.45) is 11.3 Å². The Kier molecular flexibility index (Phi) is 5.74. The third kappa shape index (κ3) is 4.00. The maximum atomic E-state index is 12.7. The fourth-order valence-electron chi connectivity index (χ4n) is 3.24. The average Bonchev–Trinajstić information content (AvgIpc) is 3.29. The van der Waals surface area contributed by atoms with Crippen LogP contribution in [0.4, 0.5) is 0 Å². The molecule has 0 bridgehead atoms. The highest BCUT2D eigenvalue weighted by Crippen LogP contribution is 2.42. The molecule has 0 radical (unpaired) electrons. The number of amides is 1. The summed E-state index contributed by atoms with van der Waals surface area (Å²) in [7, 11) is 0. The van der Waals surface area contributed by atoms with Gasteiger partial charge in [-0.3, -0.25) is 9.48 Å². The molecule has 0 saturated heterocycles. The molecule has 1 aromatic heterocycles. The Balaban J connectivity index is 2.12. The van der Waals surface area contributed by atoms with Crippen molar-refractivity contribution in [2.45, 2.75) is 78.9 Å².